The van der Waals surface area contributed by atoms with Gasteiger partial charge in [-0.1, -0.05) is 170 Å². The number of para-hydroxylation sites is 1. The van der Waals surface area contributed by atoms with Crippen molar-refractivity contribution in [1.29, 1.82) is 0 Å². The Kier molecular flexibility index (Phi) is 7.27. The summed E-state index contributed by atoms with van der Waals surface area (Å²) in [6.45, 7) is 0. The fraction of sp³-hybridized carbons (Fsp3) is 0.0392. The van der Waals surface area contributed by atoms with Crippen molar-refractivity contribution in [3.8, 4) is 45.0 Å². The fourth-order valence-electron chi connectivity index (χ4n) is 8.41. The lowest BCUT2D eigenvalue weighted by atomic mass is 9.89. The van der Waals surface area contributed by atoms with E-state index in [-0.39, 0.29) is 5.92 Å². The minimum atomic E-state index is 0.0165. The highest BCUT2D eigenvalue weighted by atomic mass is 16.3. The number of hydrogen-bond donors (Lipinski definition) is 0. The lowest BCUT2D eigenvalue weighted by Crippen LogP contribution is -2.12. The molecule has 4 nitrogen and oxygen atoms in total. The summed E-state index contributed by atoms with van der Waals surface area (Å²) < 4.78 is 6.29. The first-order chi connectivity index (χ1) is 27.2. The van der Waals surface area contributed by atoms with Gasteiger partial charge in [0.05, 0.1) is 0 Å². The molecule has 0 bridgehead atoms. The third kappa shape index (κ3) is 5.33. The quantitative estimate of drug-likeness (QED) is 0.179. The van der Waals surface area contributed by atoms with Gasteiger partial charge in [0.15, 0.2) is 11.6 Å². The maximum absolute atomic E-state index is 6.29. The van der Waals surface area contributed by atoms with Gasteiger partial charge in [0.1, 0.15) is 17.0 Å². The van der Waals surface area contributed by atoms with Crippen LogP contribution in [0.15, 0.2) is 180 Å². The lowest BCUT2D eigenvalue weighted by molar-refractivity contribution is 0.669. The third-order valence-electron chi connectivity index (χ3n) is 11.1. The van der Waals surface area contributed by atoms with Crippen LogP contribution >= 0.6 is 0 Å². The first-order valence-electron chi connectivity index (χ1n) is 18.8. The van der Waals surface area contributed by atoms with Gasteiger partial charge in [-0.25, -0.2) is 15.0 Å². The van der Waals surface area contributed by atoms with Crippen LogP contribution in [0.5, 0.6) is 0 Å². The summed E-state index contributed by atoms with van der Waals surface area (Å²) >= 11 is 0. The summed E-state index contributed by atoms with van der Waals surface area (Å²) in [6.07, 6.45) is 5.28. The normalized spacial score (nSPS) is 13.9. The van der Waals surface area contributed by atoms with Crippen LogP contribution in [0, 0.1) is 0 Å². The van der Waals surface area contributed by atoms with E-state index < -0.39 is 0 Å². The highest BCUT2D eigenvalue weighted by Crippen LogP contribution is 2.41. The highest BCUT2D eigenvalue weighted by Gasteiger charge is 2.22. The molecule has 0 saturated heterocycles. The summed E-state index contributed by atoms with van der Waals surface area (Å²) in [7, 11) is 0. The molecule has 55 heavy (non-hydrogen) atoms. The van der Waals surface area contributed by atoms with Crippen LogP contribution < -0.4 is 0 Å². The van der Waals surface area contributed by atoms with E-state index >= 15 is 0 Å². The van der Waals surface area contributed by atoms with Gasteiger partial charge in [0.25, 0.3) is 0 Å². The molecule has 0 saturated carbocycles. The van der Waals surface area contributed by atoms with E-state index in [1.807, 2.05) is 12.1 Å². The van der Waals surface area contributed by atoms with Gasteiger partial charge in [-0.05, 0) is 73.5 Å². The van der Waals surface area contributed by atoms with Crippen LogP contribution in [0.3, 0.4) is 0 Å². The van der Waals surface area contributed by atoms with E-state index in [1.165, 1.54) is 27.5 Å². The minimum absolute atomic E-state index is 0.0165. The zero-order chi connectivity index (χ0) is 36.3. The second-order valence-corrected chi connectivity index (χ2v) is 14.3. The van der Waals surface area contributed by atoms with Crippen LogP contribution in [0.25, 0.3) is 94.6 Å². The smallest absolute Gasteiger partial charge is 0.164 e. The zero-order valence-electron chi connectivity index (χ0n) is 29.9. The molecule has 0 spiro atoms. The summed E-state index contributed by atoms with van der Waals surface area (Å²) in [6, 6.07) is 59.8. The van der Waals surface area contributed by atoms with E-state index in [9.17, 15) is 0 Å². The number of rotatable bonds is 5. The molecule has 0 radical (unpaired) electrons. The molecule has 8 aromatic carbocycles. The van der Waals surface area contributed by atoms with Crippen molar-refractivity contribution in [3.63, 3.8) is 0 Å². The van der Waals surface area contributed by atoms with Crippen molar-refractivity contribution in [1.82, 2.24) is 15.0 Å². The van der Waals surface area contributed by atoms with Crippen molar-refractivity contribution >= 4 is 49.6 Å². The second-order valence-electron chi connectivity index (χ2n) is 14.3. The summed E-state index contributed by atoms with van der Waals surface area (Å²) in [5, 5.41) is 6.92. The van der Waals surface area contributed by atoms with Gasteiger partial charge in [0, 0.05) is 27.8 Å². The average Bonchev–Trinajstić information content (AvgIpc) is 3.65. The Balaban J connectivity index is 1.07. The number of benzene rings is 8. The maximum Gasteiger partial charge on any atom is 0.164 e. The Morgan fingerprint density at radius 1 is 0.436 bits per heavy atom. The SMILES string of the molecule is C1=CC(c2nc(-c3ccc(-c4cccc5ccccc45)cc3)nc(-c3cccc4c(-c5cccc6oc7ccccc7c56)cccc34)n2)Cc2ccccc21. The molecule has 10 aromatic rings. The Morgan fingerprint density at radius 3 is 1.96 bits per heavy atom. The van der Waals surface area contributed by atoms with E-state index in [0.717, 1.165) is 72.8 Å². The molecule has 1 aliphatic carbocycles. The molecule has 0 N–H and O–H groups in total. The van der Waals surface area contributed by atoms with Crippen molar-refractivity contribution in [2.75, 3.05) is 0 Å². The molecule has 1 atom stereocenters. The Morgan fingerprint density at radius 2 is 1.05 bits per heavy atom. The maximum atomic E-state index is 6.29. The van der Waals surface area contributed by atoms with Gasteiger partial charge in [-0.2, -0.15) is 0 Å². The average molecular weight is 704 g/mol. The van der Waals surface area contributed by atoms with Crippen molar-refractivity contribution in [2.24, 2.45) is 0 Å². The molecule has 11 rings (SSSR count). The number of aromatic nitrogens is 3. The summed E-state index contributed by atoms with van der Waals surface area (Å²) in [4.78, 5) is 15.7. The molecule has 0 aliphatic heterocycles. The predicted molar refractivity (Wildman–Crippen MR) is 226 cm³/mol. The number of furan rings is 1. The molecule has 258 valence electrons. The van der Waals surface area contributed by atoms with Crippen LogP contribution in [-0.2, 0) is 6.42 Å². The molecule has 1 unspecified atom stereocenters. The van der Waals surface area contributed by atoms with Gasteiger partial charge in [-0.15, -0.1) is 0 Å². The van der Waals surface area contributed by atoms with Crippen molar-refractivity contribution < 1.29 is 4.42 Å². The summed E-state index contributed by atoms with van der Waals surface area (Å²) in [5.74, 6) is 2.12. The van der Waals surface area contributed by atoms with E-state index in [2.05, 4.69) is 170 Å². The largest absolute Gasteiger partial charge is 0.456 e. The van der Waals surface area contributed by atoms with Crippen LogP contribution in [0.2, 0.25) is 0 Å². The number of hydrogen-bond acceptors (Lipinski definition) is 4. The molecule has 2 aromatic heterocycles. The molecular formula is C51H33N3O. The van der Waals surface area contributed by atoms with Crippen LogP contribution in [0.1, 0.15) is 22.9 Å². The molecule has 0 fully saturated rings. The standard InChI is InChI=1S/C51H33N3O/c1-2-13-36-31-37(30-25-32(36)11-1)50-52-49(35-28-26-34(27-29-35)39-17-7-14-33-12-3-4-15-38(33)39)53-51(54-50)44-22-9-18-40-41(19-8-20-42(40)44)43-21-10-24-47-48(43)45-16-5-6-23-46(45)55-47/h1-30,37H,31H2. The second kappa shape index (κ2) is 12.8. The van der Waals surface area contributed by atoms with Gasteiger partial charge >= 0.3 is 0 Å². The Labute approximate surface area is 318 Å². The Bertz CT molecular complexity index is 3130. The highest BCUT2D eigenvalue weighted by molar-refractivity contribution is 6.16. The zero-order valence-corrected chi connectivity index (χ0v) is 29.9. The molecule has 1 aliphatic rings. The molecule has 4 heteroatoms. The van der Waals surface area contributed by atoms with Crippen LogP contribution in [0.4, 0.5) is 0 Å². The van der Waals surface area contributed by atoms with E-state index in [1.54, 1.807) is 0 Å². The topological polar surface area (TPSA) is 51.8 Å². The number of nitrogens with zero attached hydrogens (tertiary/aromatic N) is 3. The lowest BCUT2D eigenvalue weighted by Gasteiger charge is -2.19. The number of allylic oxidation sites excluding steroid dienone is 1. The predicted octanol–water partition coefficient (Wildman–Crippen LogP) is 13.1. The fourth-order valence-corrected chi connectivity index (χ4v) is 8.41. The van der Waals surface area contributed by atoms with Crippen molar-refractivity contribution in [3.05, 3.63) is 193 Å². The van der Waals surface area contributed by atoms with E-state index in [4.69, 9.17) is 19.4 Å². The van der Waals surface area contributed by atoms with Crippen molar-refractivity contribution in [2.45, 2.75) is 12.3 Å². The Hall–Kier alpha value is -7.17. The molecule has 2 heterocycles. The van der Waals surface area contributed by atoms with Gasteiger partial charge in [-0.3, -0.25) is 0 Å². The van der Waals surface area contributed by atoms with Crippen LogP contribution in [-0.4, -0.2) is 15.0 Å². The molecular weight excluding hydrogens is 671 g/mol. The third-order valence-corrected chi connectivity index (χ3v) is 11.1. The van der Waals surface area contributed by atoms with E-state index in [0.29, 0.717) is 11.6 Å². The number of fused-ring (bicyclic) bond motifs is 6. The summed E-state index contributed by atoms with van der Waals surface area (Å²) in [5.41, 5.74) is 10.9. The minimum Gasteiger partial charge on any atom is -0.456 e. The first kappa shape index (κ1) is 31.4. The monoisotopic (exact) mass is 703 g/mol. The first-order valence-corrected chi connectivity index (χ1v) is 18.8. The van der Waals surface area contributed by atoms with Gasteiger partial charge < -0.3 is 4.42 Å². The van der Waals surface area contributed by atoms with Gasteiger partial charge in [0.2, 0.25) is 0 Å². The molecule has 0 amide bonds.